The highest BCUT2D eigenvalue weighted by atomic mass is 31.1. The molecule has 2 aromatic rings. The lowest BCUT2D eigenvalue weighted by atomic mass is 10.00. The van der Waals surface area contributed by atoms with Gasteiger partial charge in [-0.2, -0.15) is 10.5 Å². The van der Waals surface area contributed by atoms with Gasteiger partial charge in [-0.15, -0.1) is 0 Å². The highest BCUT2D eigenvalue weighted by Crippen LogP contribution is 2.44. The molecule has 2 aromatic carbocycles. The lowest BCUT2D eigenvalue weighted by molar-refractivity contribution is 0.544. The molecule has 1 unspecified atom stereocenters. The van der Waals surface area contributed by atoms with Gasteiger partial charge in [-0.1, -0.05) is 67.6 Å². The van der Waals surface area contributed by atoms with E-state index in [-0.39, 0.29) is 5.92 Å². The van der Waals surface area contributed by atoms with Gasteiger partial charge in [0.05, 0.1) is 12.1 Å². The van der Waals surface area contributed by atoms with Gasteiger partial charge < -0.3 is 0 Å². The Labute approximate surface area is 133 Å². The van der Waals surface area contributed by atoms with Crippen molar-refractivity contribution >= 4 is 18.5 Å². The van der Waals surface area contributed by atoms with Gasteiger partial charge in [0.15, 0.2) is 0 Å². The third kappa shape index (κ3) is 3.94. The molecule has 0 aliphatic carbocycles. The standard InChI is InChI=1S/C19H19N2P/c1-16(17(12-14-20)13-15-21)22(18-8-4-2-5-9-18)19-10-6-3-7-11-19/h2-11,16-17H,12-13H2,1H3. The predicted octanol–water partition coefficient (Wildman–Crippen LogP) is 3.95. The summed E-state index contributed by atoms with van der Waals surface area (Å²) in [7, 11) is -0.577. The fraction of sp³-hybridized carbons (Fsp3) is 0.263. The largest absolute Gasteiger partial charge is 0.198 e. The van der Waals surface area contributed by atoms with Gasteiger partial charge in [0, 0.05) is 12.8 Å². The summed E-state index contributed by atoms with van der Waals surface area (Å²) < 4.78 is 0. The molecule has 0 saturated heterocycles. The summed E-state index contributed by atoms with van der Waals surface area (Å²) in [6, 6.07) is 25.4. The molecule has 2 nitrogen and oxygen atoms in total. The van der Waals surface area contributed by atoms with Crippen LogP contribution in [0.2, 0.25) is 0 Å². The Morgan fingerprint density at radius 3 is 1.59 bits per heavy atom. The lowest BCUT2D eigenvalue weighted by Crippen LogP contribution is -2.25. The molecule has 0 aliphatic heterocycles. The van der Waals surface area contributed by atoms with Crippen LogP contribution >= 0.6 is 7.92 Å². The van der Waals surface area contributed by atoms with Crippen LogP contribution in [-0.2, 0) is 0 Å². The number of hydrogen-bond donors (Lipinski definition) is 0. The Balaban J connectivity index is 2.41. The van der Waals surface area contributed by atoms with Gasteiger partial charge in [-0.05, 0) is 30.1 Å². The fourth-order valence-corrected chi connectivity index (χ4v) is 5.51. The average molecular weight is 306 g/mol. The number of hydrogen-bond acceptors (Lipinski definition) is 2. The van der Waals surface area contributed by atoms with Crippen molar-refractivity contribution in [2.24, 2.45) is 5.92 Å². The molecular weight excluding hydrogens is 287 g/mol. The van der Waals surface area contributed by atoms with Crippen molar-refractivity contribution in [3.05, 3.63) is 60.7 Å². The molecule has 0 aromatic heterocycles. The summed E-state index contributed by atoms with van der Waals surface area (Å²) in [5.41, 5.74) is 0.291. The first kappa shape index (κ1) is 16.2. The van der Waals surface area contributed by atoms with Crippen molar-refractivity contribution in [3.63, 3.8) is 0 Å². The van der Waals surface area contributed by atoms with Crippen LogP contribution in [-0.4, -0.2) is 5.66 Å². The van der Waals surface area contributed by atoms with Crippen LogP contribution < -0.4 is 10.6 Å². The molecule has 0 bridgehead atoms. The van der Waals surface area contributed by atoms with Crippen molar-refractivity contribution in [1.29, 1.82) is 10.5 Å². The van der Waals surface area contributed by atoms with Crippen LogP contribution in [0.3, 0.4) is 0 Å². The molecule has 0 aliphatic rings. The van der Waals surface area contributed by atoms with E-state index in [2.05, 4.69) is 67.6 Å². The van der Waals surface area contributed by atoms with Gasteiger partial charge in [0.1, 0.15) is 0 Å². The summed E-state index contributed by atoms with van der Waals surface area (Å²) in [6.07, 6.45) is 0.875. The van der Waals surface area contributed by atoms with Crippen molar-refractivity contribution in [2.75, 3.05) is 0 Å². The molecular formula is C19H19N2P. The highest BCUT2D eigenvalue weighted by molar-refractivity contribution is 7.73. The maximum absolute atomic E-state index is 9.08. The third-order valence-corrected chi connectivity index (χ3v) is 6.81. The van der Waals surface area contributed by atoms with E-state index < -0.39 is 7.92 Å². The van der Waals surface area contributed by atoms with Crippen LogP contribution in [0.1, 0.15) is 19.8 Å². The van der Waals surface area contributed by atoms with Crippen molar-refractivity contribution in [1.82, 2.24) is 0 Å². The van der Waals surface area contributed by atoms with E-state index in [9.17, 15) is 0 Å². The number of nitriles is 2. The molecule has 110 valence electrons. The summed E-state index contributed by atoms with van der Waals surface area (Å²) >= 11 is 0. The molecule has 0 fully saturated rings. The molecule has 0 saturated carbocycles. The monoisotopic (exact) mass is 306 g/mol. The topological polar surface area (TPSA) is 47.6 Å². The molecule has 0 spiro atoms. The van der Waals surface area contributed by atoms with E-state index in [0.717, 1.165) is 0 Å². The van der Waals surface area contributed by atoms with Gasteiger partial charge in [0.2, 0.25) is 0 Å². The lowest BCUT2D eigenvalue weighted by Gasteiger charge is -2.30. The Hall–Kier alpha value is -2.15. The van der Waals surface area contributed by atoms with E-state index in [4.69, 9.17) is 10.5 Å². The van der Waals surface area contributed by atoms with Gasteiger partial charge in [0.25, 0.3) is 0 Å². The summed E-state index contributed by atoms with van der Waals surface area (Å²) in [5, 5.41) is 20.8. The van der Waals surface area contributed by atoms with E-state index in [1.807, 2.05) is 12.1 Å². The average Bonchev–Trinajstić information content (AvgIpc) is 2.57. The number of benzene rings is 2. The summed E-state index contributed by atoms with van der Waals surface area (Å²) in [5.74, 6) is 0.113. The normalized spacial score (nSPS) is 11.9. The van der Waals surface area contributed by atoms with Crippen molar-refractivity contribution in [2.45, 2.75) is 25.4 Å². The van der Waals surface area contributed by atoms with Crippen LogP contribution in [0.15, 0.2) is 60.7 Å². The SMILES string of the molecule is CC(C(CC#N)CC#N)P(c1ccccc1)c1ccccc1. The second kappa shape index (κ2) is 8.33. The van der Waals surface area contributed by atoms with E-state index >= 15 is 0 Å². The molecule has 0 heterocycles. The molecule has 0 radical (unpaired) electrons. The minimum Gasteiger partial charge on any atom is -0.198 e. The van der Waals surface area contributed by atoms with Crippen molar-refractivity contribution < 1.29 is 0 Å². The van der Waals surface area contributed by atoms with Crippen LogP contribution in [0.4, 0.5) is 0 Å². The van der Waals surface area contributed by atoms with Crippen molar-refractivity contribution in [3.8, 4) is 12.1 Å². The van der Waals surface area contributed by atoms with Gasteiger partial charge >= 0.3 is 0 Å². The second-order valence-electron chi connectivity index (χ2n) is 5.27. The van der Waals surface area contributed by atoms with Gasteiger partial charge in [-0.3, -0.25) is 0 Å². The maximum atomic E-state index is 9.08. The zero-order chi connectivity index (χ0) is 15.8. The maximum Gasteiger partial charge on any atom is 0.0625 e. The summed E-state index contributed by atoms with van der Waals surface area (Å²) in [6.45, 7) is 2.19. The Kier molecular flexibility index (Phi) is 6.14. The molecule has 0 amide bonds. The first-order valence-corrected chi connectivity index (χ1v) is 8.82. The van der Waals surface area contributed by atoms with Crippen LogP contribution in [0.25, 0.3) is 0 Å². The third-order valence-electron chi connectivity index (χ3n) is 3.87. The molecule has 3 heteroatoms. The fourth-order valence-electron chi connectivity index (χ4n) is 2.66. The summed E-state index contributed by atoms with van der Waals surface area (Å²) in [4.78, 5) is 0. The first-order chi connectivity index (χ1) is 10.8. The predicted molar refractivity (Wildman–Crippen MR) is 92.5 cm³/mol. The van der Waals surface area contributed by atoms with E-state index in [1.165, 1.54) is 10.6 Å². The minimum atomic E-state index is -0.577. The van der Waals surface area contributed by atoms with E-state index in [1.54, 1.807) is 0 Å². The molecule has 2 rings (SSSR count). The first-order valence-electron chi connectivity index (χ1n) is 7.41. The quantitative estimate of drug-likeness (QED) is 0.759. The zero-order valence-electron chi connectivity index (χ0n) is 12.7. The van der Waals surface area contributed by atoms with Crippen LogP contribution in [0, 0.1) is 28.6 Å². The Bertz CT molecular complexity index is 600. The number of rotatable bonds is 6. The van der Waals surface area contributed by atoms with Gasteiger partial charge in [-0.25, -0.2) is 0 Å². The smallest absolute Gasteiger partial charge is 0.0625 e. The Morgan fingerprint density at radius 1 is 0.818 bits per heavy atom. The second-order valence-corrected chi connectivity index (χ2v) is 7.85. The van der Waals surface area contributed by atoms with Crippen LogP contribution in [0.5, 0.6) is 0 Å². The minimum absolute atomic E-state index is 0.113. The molecule has 1 atom stereocenters. The zero-order valence-corrected chi connectivity index (χ0v) is 13.6. The number of nitrogens with zero attached hydrogens (tertiary/aromatic N) is 2. The Morgan fingerprint density at radius 2 is 1.23 bits per heavy atom. The highest BCUT2D eigenvalue weighted by Gasteiger charge is 2.27. The molecule has 0 N–H and O–H groups in total. The molecule has 22 heavy (non-hydrogen) atoms. The van der Waals surface area contributed by atoms with E-state index in [0.29, 0.717) is 18.5 Å².